The van der Waals surface area contributed by atoms with Crippen molar-refractivity contribution in [2.75, 3.05) is 13.7 Å². The molecular formula is C18H31NO2. The fraction of sp³-hybridized carbons (Fsp3) is 0.667. The molecule has 1 aromatic carbocycles. The molecule has 3 nitrogen and oxygen atoms in total. The van der Waals surface area contributed by atoms with E-state index in [2.05, 4.69) is 6.92 Å². The van der Waals surface area contributed by atoms with Crippen molar-refractivity contribution in [3.8, 4) is 5.75 Å². The van der Waals surface area contributed by atoms with Crippen LogP contribution in [0.1, 0.15) is 64.0 Å². The van der Waals surface area contributed by atoms with Crippen LogP contribution >= 0.6 is 0 Å². The van der Waals surface area contributed by atoms with Gasteiger partial charge in [-0.1, -0.05) is 57.2 Å². The van der Waals surface area contributed by atoms with Crippen molar-refractivity contribution in [1.29, 1.82) is 0 Å². The Bertz CT molecular complexity index is 379. The van der Waals surface area contributed by atoms with E-state index in [1.807, 2.05) is 31.2 Å². The molecule has 0 aliphatic rings. The highest BCUT2D eigenvalue weighted by Crippen LogP contribution is 2.29. The molecule has 0 saturated carbocycles. The lowest BCUT2D eigenvalue weighted by atomic mass is 10.0. The fourth-order valence-electron chi connectivity index (χ4n) is 2.52. The molecule has 0 aliphatic heterocycles. The van der Waals surface area contributed by atoms with Crippen LogP contribution in [0, 0.1) is 0 Å². The molecule has 120 valence electrons. The summed E-state index contributed by atoms with van der Waals surface area (Å²) >= 11 is 0. The Morgan fingerprint density at radius 2 is 1.71 bits per heavy atom. The number of para-hydroxylation sites is 1. The highest BCUT2D eigenvalue weighted by atomic mass is 16.5. The van der Waals surface area contributed by atoms with Crippen molar-refractivity contribution in [3.63, 3.8) is 0 Å². The number of ether oxygens (including phenoxy) is 2. The van der Waals surface area contributed by atoms with Gasteiger partial charge in [-0.2, -0.15) is 0 Å². The topological polar surface area (TPSA) is 44.5 Å². The van der Waals surface area contributed by atoms with E-state index in [4.69, 9.17) is 15.2 Å². The van der Waals surface area contributed by atoms with E-state index in [1.54, 1.807) is 7.11 Å². The second-order valence-electron chi connectivity index (χ2n) is 5.66. The minimum atomic E-state index is -0.100. The third kappa shape index (κ3) is 6.49. The molecule has 21 heavy (non-hydrogen) atoms. The Labute approximate surface area is 129 Å². The van der Waals surface area contributed by atoms with Crippen molar-refractivity contribution >= 4 is 0 Å². The van der Waals surface area contributed by atoms with Gasteiger partial charge in [-0.15, -0.1) is 0 Å². The lowest BCUT2D eigenvalue weighted by Crippen LogP contribution is -2.27. The van der Waals surface area contributed by atoms with Gasteiger partial charge >= 0.3 is 0 Å². The lowest BCUT2D eigenvalue weighted by Gasteiger charge is -2.23. The molecule has 1 rings (SSSR count). The SMILES string of the molecule is CCCCCCCCOC(c1ccccc1OC)C(C)N. The number of methoxy groups -OCH3 is 1. The minimum Gasteiger partial charge on any atom is -0.496 e. The summed E-state index contributed by atoms with van der Waals surface area (Å²) in [6.45, 7) is 4.98. The molecule has 0 fully saturated rings. The number of hydrogen-bond donors (Lipinski definition) is 1. The van der Waals surface area contributed by atoms with Gasteiger partial charge in [-0.3, -0.25) is 0 Å². The van der Waals surface area contributed by atoms with Gasteiger partial charge in [0.1, 0.15) is 11.9 Å². The minimum absolute atomic E-state index is 0.0543. The Hall–Kier alpha value is -1.06. The summed E-state index contributed by atoms with van der Waals surface area (Å²) in [5, 5.41) is 0. The average Bonchev–Trinajstić information content (AvgIpc) is 2.50. The zero-order valence-electron chi connectivity index (χ0n) is 13.8. The molecule has 2 unspecified atom stereocenters. The number of benzene rings is 1. The molecule has 2 N–H and O–H groups in total. The van der Waals surface area contributed by atoms with Gasteiger partial charge in [0.05, 0.1) is 7.11 Å². The van der Waals surface area contributed by atoms with E-state index in [9.17, 15) is 0 Å². The maximum absolute atomic E-state index is 6.09. The van der Waals surface area contributed by atoms with Crippen molar-refractivity contribution < 1.29 is 9.47 Å². The van der Waals surface area contributed by atoms with Crippen LogP contribution in [0.2, 0.25) is 0 Å². The van der Waals surface area contributed by atoms with Gasteiger partial charge in [-0.05, 0) is 19.4 Å². The van der Waals surface area contributed by atoms with Crippen molar-refractivity contribution in [2.45, 2.75) is 64.5 Å². The smallest absolute Gasteiger partial charge is 0.124 e. The molecule has 2 atom stereocenters. The first-order chi connectivity index (χ1) is 10.2. The van der Waals surface area contributed by atoms with E-state index in [1.165, 1.54) is 32.1 Å². The summed E-state index contributed by atoms with van der Waals surface area (Å²) in [4.78, 5) is 0. The zero-order chi connectivity index (χ0) is 15.5. The summed E-state index contributed by atoms with van der Waals surface area (Å²) in [6, 6.07) is 7.91. The number of hydrogen-bond acceptors (Lipinski definition) is 3. The molecule has 0 amide bonds. The molecule has 0 aliphatic carbocycles. The molecule has 0 spiro atoms. The normalized spacial score (nSPS) is 13.9. The second-order valence-corrected chi connectivity index (χ2v) is 5.66. The van der Waals surface area contributed by atoms with Crippen LogP contribution in [0.4, 0.5) is 0 Å². The van der Waals surface area contributed by atoms with E-state index >= 15 is 0 Å². The summed E-state index contributed by atoms with van der Waals surface area (Å²) in [7, 11) is 1.69. The van der Waals surface area contributed by atoms with Crippen LogP contribution in [-0.4, -0.2) is 19.8 Å². The van der Waals surface area contributed by atoms with Crippen LogP contribution in [0.3, 0.4) is 0 Å². The molecule has 0 heterocycles. The zero-order valence-corrected chi connectivity index (χ0v) is 13.8. The lowest BCUT2D eigenvalue weighted by molar-refractivity contribution is 0.0343. The van der Waals surface area contributed by atoms with Gasteiger partial charge in [0.15, 0.2) is 0 Å². The third-order valence-electron chi connectivity index (χ3n) is 3.72. The summed E-state index contributed by atoms with van der Waals surface area (Å²) in [6.07, 6.45) is 7.49. The quantitative estimate of drug-likeness (QED) is 0.613. The van der Waals surface area contributed by atoms with E-state index in [-0.39, 0.29) is 12.1 Å². The maximum Gasteiger partial charge on any atom is 0.124 e. The van der Waals surface area contributed by atoms with Gasteiger partial charge in [0.25, 0.3) is 0 Å². The second kappa shape index (κ2) is 10.6. The van der Waals surface area contributed by atoms with Crippen molar-refractivity contribution in [3.05, 3.63) is 29.8 Å². The van der Waals surface area contributed by atoms with Crippen LogP contribution in [0.5, 0.6) is 5.75 Å². The maximum atomic E-state index is 6.09. The highest BCUT2D eigenvalue weighted by Gasteiger charge is 2.20. The summed E-state index contributed by atoms with van der Waals surface area (Å²) in [5.74, 6) is 0.850. The van der Waals surface area contributed by atoms with Gasteiger partial charge in [0.2, 0.25) is 0 Å². The third-order valence-corrected chi connectivity index (χ3v) is 3.72. The Morgan fingerprint density at radius 1 is 1.05 bits per heavy atom. The van der Waals surface area contributed by atoms with Crippen molar-refractivity contribution in [2.24, 2.45) is 5.73 Å². The Balaban J connectivity index is 2.44. The molecular weight excluding hydrogens is 262 g/mol. The van der Waals surface area contributed by atoms with E-state index in [0.29, 0.717) is 0 Å². The standard InChI is InChI=1S/C18H31NO2/c1-4-5-6-7-8-11-14-21-18(15(2)19)16-12-9-10-13-17(16)20-3/h9-10,12-13,15,18H,4-8,11,14,19H2,1-3H3. The summed E-state index contributed by atoms with van der Waals surface area (Å²) in [5.41, 5.74) is 7.13. The largest absolute Gasteiger partial charge is 0.496 e. The Kier molecular flexibility index (Phi) is 9.11. The first kappa shape index (κ1) is 18.0. The molecule has 0 bridgehead atoms. The first-order valence-corrected chi connectivity index (χ1v) is 8.20. The van der Waals surface area contributed by atoms with E-state index in [0.717, 1.165) is 24.3 Å². The number of rotatable bonds is 11. The van der Waals surface area contributed by atoms with Crippen LogP contribution in [0.25, 0.3) is 0 Å². The molecule has 3 heteroatoms. The molecule has 0 radical (unpaired) electrons. The van der Waals surface area contributed by atoms with Gasteiger partial charge < -0.3 is 15.2 Å². The summed E-state index contributed by atoms with van der Waals surface area (Å²) < 4.78 is 11.4. The Morgan fingerprint density at radius 3 is 2.38 bits per heavy atom. The van der Waals surface area contributed by atoms with Crippen molar-refractivity contribution in [1.82, 2.24) is 0 Å². The van der Waals surface area contributed by atoms with Crippen LogP contribution in [0.15, 0.2) is 24.3 Å². The first-order valence-electron chi connectivity index (χ1n) is 8.20. The van der Waals surface area contributed by atoms with Crippen LogP contribution < -0.4 is 10.5 Å². The predicted molar refractivity (Wildman–Crippen MR) is 88.7 cm³/mol. The molecule has 1 aromatic rings. The monoisotopic (exact) mass is 293 g/mol. The predicted octanol–water partition coefficient (Wildman–Crippen LogP) is 4.46. The van der Waals surface area contributed by atoms with E-state index < -0.39 is 0 Å². The highest BCUT2D eigenvalue weighted by molar-refractivity contribution is 5.35. The molecule has 0 saturated heterocycles. The number of nitrogens with two attached hydrogens (primary N) is 1. The average molecular weight is 293 g/mol. The fourth-order valence-corrected chi connectivity index (χ4v) is 2.52. The van der Waals surface area contributed by atoms with Crippen LogP contribution in [-0.2, 0) is 4.74 Å². The van der Waals surface area contributed by atoms with Gasteiger partial charge in [0, 0.05) is 18.2 Å². The van der Waals surface area contributed by atoms with Gasteiger partial charge in [-0.25, -0.2) is 0 Å². The molecule has 0 aromatic heterocycles. The number of unbranched alkanes of at least 4 members (excludes halogenated alkanes) is 5.